The van der Waals surface area contributed by atoms with E-state index in [9.17, 15) is 48.9 Å². The van der Waals surface area contributed by atoms with Crippen LogP contribution in [-0.2, 0) is 37.0 Å². The molecule has 0 bridgehead atoms. The normalized spacial score (nSPS) is 16.7. The van der Waals surface area contributed by atoms with Crippen LogP contribution in [0.5, 0.6) is 0 Å². The van der Waals surface area contributed by atoms with Gasteiger partial charge in [-0.2, -0.15) is 0 Å². The summed E-state index contributed by atoms with van der Waals surface area (Å²) in [5.74, 6) is -7.57. The van der Waals surface area contributed by atoms with Crippen LogP contribution in [0.3, 0.4) is 0 Å². The molecule has 0 rings (SSSR count). The maximum atomic E-state index is 12.8. The first-order chi connectivity index (χ1) is 25.4. The van der Waals surface area contributed by atoms with E-state index < -0.39 is 98.8 Å². The molecule has 0 radical (unpaired) electrons. The Morgan fingerprint density at radius 1 is 0.527 bits per heavy atom. The fourth-order valence-electron chi connectivity index (χ4n) is 6.31. The van der Waals surface area contributed by atoms with Crippen molar-refractivity contribution in [2.45, 2.75) is 115 Å². The van der Waals surface area contributed by atoms with Crippen LogP contribution < -0.4 is 16.0 Å². The number of aliphatic carboxylic acids is 3. The fourth-order valence-corrected chi connectivity index (χ4v) is 28.1. The van der Waals surface area contributed by atoms with E-state index >= 15 is 0 Å². The molecular weight excluding hydrogens is 791 g/mol. The van der Waals surface area contributed by atoms with Gasteiger partial charge in [0.25, 0.3) is 0 Å². The average Bonchev–Trinajstić information content (AvgIpc) is 3.05. The van der Waals surface area contributed by atoms with Crippen LogP contribution in [0, 0.1) is 17.8 Å². The molecule has 0 aliphatic carbocycles. The van der Waals surface area contributed by atoms with Crippen LogP contribution in [0.1, 0.15) is 57.8 Å². The van der Waals surface area contributed by atoms with Gasteiger partial charge in [-0.05, 0) is 57.0 Å². The zero-order valence-electron chi connectivity index (χ0n) is 33.4. The number of aliphatic hydroxyl groups is 3. The van der Waals surface area contributed by atoms with Crippen molar-refractivity contribution in [3.05, 3.63) is 0 Å². The van der Waals surface area contributed by atoms with Crippen LogP contribution in [0.25, 0.3) is 0 Å². The van der Waals surface area contributed by atoms with E-state index in [2.05, 4.69) is 42.1 Å². The van der Waals surface area contributed by atoms with Gasteiger partial charge >= 0.3 is 35.0 Å². The summed E-state index contributed by atoms with van der Waals surface area (Å²) < 4.78 is 13.8. The molecule has 3 amide bonds. The zero-order chi connectivity index (χ0) is 42.5. The highest BCUT2D eigenvalue weighted by Crippen LogP contribution is 2.36. The molecule has 0 saturated heterocycles. The van der Waals surface area contributed by atoms with E-state index in [1.54, 1.807) is 6.55 Å². The number of carbonyl (C=O) groups excluding carboxylic acids is 3. The Hall–Kier alpha value is -2.55. The number of nitrogens with one attached hydrogen (secondary N) is 3. The highest BCUT2D eigenvalue weighted by molar-refractivity contribution is 7.39. The largest absolute Gasteiger partial charge is 0.481 e. The summed E-state index contributed by atoms with van der Waals surface area (Å²) in [5, 5.41) is 63.2. The molecule has 6 unspecified atom stereocenters. The van der Waals surface area contributed by atoms with Crippen molar-refractivity contribution in [2.24, 2.45) is 17.8 Å². The lowest BCUT2D eigenvalue weighted by atomic mass is 9.99. The van der Waals surface area contributed by atoms with E-state index in [0.29, 0.717) is 18.9 Å². The lowest BCUT2D eigenvalue weighted by Crippen LogP contribution is -2.64. The Morgan fingerprint density at radius 3 is 1.16 bits per heavy atom. The van der Waals surface area contributed by atoms with E-state index in [-0.39, 0.29) is 83.6 Å². The first-order valence-electron chi connectivity index (χ1n) is 18.9. The van der Waals surface area contributed by atoms with Crippen molar-refractivity contribution in [2.75, 3.05) is 39.5 Å². The van der Waals surface area contributed by atoms with Crippen LogP contribution in [0.2, 0.25) is 57.4 Å². The first kappa shape index (κ1) is 52.4. The molecule has 18 nitrogen and oxygen atoms in total. The molecular formula is C33H67N3O15Si4. The third-order valence-electron chi connectivity index (χ3n) is 9.66. The second-order valence-electron chi connectivity index (χ2n) is 15.6. The predicted molar refractivity (Wildman–Crippen MR) is 212 cm³/mol. The zero-order valence-corrected chi connectivity index (χ0v) is 37.4. The molecule has 0 aromatic rings. The number of carbonyl (C=O) groups is 6. The lowest BCUT2D eigenvalue weighted by Gasteiger charge is -2.46. The average molecular weight is 858 g/mol. The number of carboxylic acid groups (broad SMARTS) is 3. The van der Waals surface area contributed by atoms with Gasteiger partial charge in [-0.15, -0.1) is 0 Å². The molecule has 320 valence electrons. The molecule has 0 saturated carbocycles. The number of rotatable bonds is 32. The molecule has 0 heterocycles. The smallest absolute Gasteiger partial charge is 0.323 e. The van der Waals surface area contributed by atoms with Crippen molar-refractivity contribution in [1.82, 2.24) is 16.0 Å². The lowest BCUT2D eigenvalue weighted by molar-refractivity contribution is -0.141. The van der Waals surface area contributed by atoms with Gasteiger partial charge in [0.1, 0.15) is 0 Å². The summed E-state index contributed by atoms with van der Waals surface area (Å²) >= 11 is 0. The standard InChI is InChI=1S/C33H67N3O15Si4/c1-52(2,3)55(6,21-9-12-27(24-30(44)45)33(48)36-15-18-39)51-54(5,20-8-11-26(23-29(42)43)32(47)35-14-17-38)50-53(4,49)19-7-10-25(22-28(40)41)31(46)34-13-16-37/h25-27,37-39,49H,7-24H2,1-6H3,(H,34,46)(H,35,47)(H,36,48)(H,40,41)(H,42,43)(H,44,45). The number of carboxylic acids is 3. The molecule has 0 spiro atoms. The number of hydrogen-bond donors (Lipinski definition) is 10. The van der Waals surface area contributed by atoms with Crippen LogP contribution in [0.15, 0.2) is 0 Å². The molecule has 6 atom stereocenters. The second kappa shape index (κ2) is 25.6. The van der Waals surface area contributed by atoms with Crippen LogP contribution in [0.4, 0.5) is 0 Å². The van der Waals surface area contributed by atoms with Crippen molar-refractivity contribution < 1.29 is 72.4 Å². The molecule has 22 heteroatoms. The van der Waals surface area contributed by atoms with Crippen molar-refractivity contribution in [3.63, 3.8) is 0 Å². The maximum absolute atomic E-state index is 12.8. The molecule has 0 aliphatic rings. The third-order valence-corrected chi connectivity index (χ3v) is 34.9. The minimum absolute atomic E-state index is 0.00190. The highest BCUT2D eigenvalue weighted by atomic mass is 29.3. The minimum Gasteiger partial charge on any atom is -0.481 e. The number of amides is 3. The summed E-state index contributed by atoms with van der Waals surface area (Å²) in [6, 6.07) is 0.967. The Kier molecular flexibility index (Phi) is 24.5. The number of aliphatic hydroxyl groups excluding tert-OH is 3. The molecule has 0 aromatic heterocycles. The Balaban J connectivity index is 6.44. The van der Waals surface area contributed by atoms with Crippen molar-refractivity contribution in [1.29, 1.82) is 0 Å². The molecule has 0 aromatic carbocycles. The molecule has 55 heavy (non-hydrogen) atoms. The van der Waals surface area contributed by atoms with Gasteiger partial charge in [0.15, 0.2) is 7.83 Å². The summed E-state index contributed by atoms with van der Waals surface area (Å²) in [6.07, 6.45) is 0.340. The summed E-state index contributed by atoms with van der Waals surface area (Å²) in [4.78, 5) is 84.5. The van der Waals surface area contributed by atoms with Gasteiger partial charge in [-0.25, -0.2) is 0 Å². The summed E-state index contributed by atoms with van der Waals surface area (Å²) in [6.45, 7) is 10.9. The topological polar surface area (TPSA) is 299 Å². The van der Waals surface area contributed by atoms with E-state index in [4.69, 9.17) is 23.5 Å². The van der Waals surface area contributed by atoms with E-state index in [0.717, 1.165) is 0 Å². The second-order valence-corrected chi connectivity index (χ2v) is 38.0. The quantitative estimate of drug-likeness (QED) is 0.0424. The van der Waals surface area contributed by atoms with Gasteiger partial charge < -0.3 is 59.6 Å². The maximum Gasteiger partial charge on any atom is 0.323 e. The molecule has 10 N–H and O–H groups in total. The van der Waals surface area contributed by atoms with E-state index in [1.165, 1.54) is 0 Å². The SMILES string of the molecule is C[Si](O)(CCCC(CC(=O)O)C(=O)NCCO)O[Si](C)(CCCC(CC(=O)O)C(=O)NCCO)O[Si](C)(CCCC(CC(=O)O)C(=O)NCCO)[Si](C)(C)C. The van der Waals surface area contributed by atoms with Crippen molar-refractivity contribution in [3.8, 4) is 0 Å². The van der Waals surface area contributed by atoms with Gasteiger partial charge in [-0.1, -0.05) is 38.9 Å². The van der Waals surface area contributed by atoms with Gasteiger partial charge in [0.2, 0.25) is 17.7 Å². The number of hydrogen-bond acceptors (Lipinski definition) is 12. The first-order valence-corrected chi connectivity index (χ1v) is 31.1. The Labute approximate surface area is 328 Å². The molecule has 0 aliphatic heterocycles. The van der Waals surface area contributed by atoms with Crippen LogP contribution in [-0.4, -0.2) is 143 Å². The van der Waals surface area contributed by atoms with Crippen molar-refractivity contribution >= 4 is 68.2 Å². The molecule has 0 fully saturated rings. The monoisotopic (exact) mass is 857 g/mol. The van der Waals surface area contributed by atoms with E-state index in [1.807, 2.05) is 6.55 Å². The minimum atomic E-state index is -3.59. The van der Waals surface area contributed by atoms with Gasteiger partial charge in [0.05, 0.1) is 46.7 Å². The highest BCUT2D eigenvalue weighted by Gasteiger charge is 2.51. The van der Waals surface area contributed by atoms with Gasteiger partial charge in [-0.3, -0.25) is 28.8 Å². The third kappa shape index (κ3) is 22.1. The fraction of sp³-hybridized carbons (Fsp3) is 0.818. The Bertz CT molecular complexity index is 1240. The Morgan fingerprint density at radius 2 is 0.855 bits per heavy atom. The summed E-state index contributed by atoms with van der Waals surface area (Å²) in [5.41, 5.74) is 0. The van der Waals surface area contributed by atoms with Crippen LogP contribution >= 0.6 is 0 Å². The predicted octanol–water partition coefficient (Wildman–Crippen LogP) is 1.09. The summed E-state index contributed by atoms with van der Waals surface area (Å²) in [7, 11) is -11.9. The van der Waals surface area contributed by atoms with Gasteiger partial charge in [0, 0.05) is 37.4 Å².